The van der Waals surface area contributed by atoms with Crippen molar-refractivity contribution >= 4 is 17.6 Å². The minimum atomic E-state index is 0.0740. The lowest BCUT2D eigenvalue weighted by Gasteiger charge is -2.15. The zero-order chi connectivity index (χ0) is 10.8. The second kappa shape index (κ2) is 4.06. The van der Waals surface area contributed by atoms with E-state index in [9.17, 15) is 4.79 Å². The number of hydrogen-bond acceptors (Lipinski definition) is 2. The van der Waals surface area contributed by atoms with E-state index in [-0.39, 0.29) is 6.03 Å². The lowest BCUT2D eigenvalue weighted by Crippen LogP contribution is -2.28. The summed E-state index contributed by atoms with van der Waals surface area (Å²) < 4.78 is 0. The highest BCUT2D eigenvalue weighted by Gasteiger charge is 2.24. The number of rotatable bonds is 2. The van der Waals surface area contributed by atoms with Crippen LogP contribution >= 0.6 is 11.6 Å². The molecular formula is C10H12ClN3O. The minimum Gasteiger partial charge on any atom is -0.326 e. The molecule has 0 radical (unpaired) electrons. The van der Waals surface area contributed by atoms with Crippen molar-refractivity contribution in [3.63, 3.8) is 0 Å². The number of amides is 2. The van der Waals surface area contributed by atoms with E-state index in [4.69, 9.17) is 11.6 Å². The zero-order valence-electron chi connectivity index (χ0n) is 8.48. The molecule has 2 amide bonds. The summed E-state index contributed by atoms with van der Waals surface area (Å²) in [6.07, 6.45) is 1.70. The van der Waals surface area contributed by atoms with Crippen molar-refractivity contribution in [1.29, 1.82) is 0 Å². The third-order valence-electron chi connectivity index (χ3n) is 2.46. The van der Waals surface area contributed by atoms with E-state index >= 15 is 0 Å². The van der Waals surface area contributed by atoms with E-state index < -0.39 is 0 Å². The van der Waals surface area contributed by atoms with Gasteiger partial charge in [-0.3, -0.25) is 0 Å². The predicted molar refractivity (Wildman–Crippen MR) is 57.7 cm³/mol. The number of carbonyl (C=O) groups excluding carboxylic acids is 1. The third kappa shape index (κ3) is 2.21. The third-order valence-corrected chi connectivity index (χ3v) is 2.69. The Balaban J connectivity index is 2.03. The average molecular weight is 226 g/mol. The molecule has 5 heteroatoms. The van der Waals surface area contributed by atoms with E-state index in [0.717, 1.165) is 18.7 Å². The Morgan fingerprint density at radius 3 is 2.80 bits per heavy atom. The fourth-order valence-electron chi connectivity index (χ4n) is 1.57. The molecule has 2 heterocycles. The molecule has 80 valence electrons. The summed E-state index contributed by atoms with van der Waals surface area (Å²) in [5, 5.41) is 0.476. The highest BCUT2D eigenvalue weighted by Crippen LogP contribution is 2.12. The van der Waals surface area contributed by atoms with Crippen LogP contribution in [0.3, 0.4) is 0 Å². The maximum absolute atomic E-state index is 11.6. The Morgan fingerprint density at radius 2 is 2.27 bits per heavy atom. The van der Waals surface area contributed by atoms with Crippen LogP contribution in [0.5, 0.6) is 0 Å². The first-order valence-electron chi connectivity index (χ1n) is 4.77. The van der Waals surface area contributed by atoms with Gasteiger partial charge in [0.2, 0.25) is 0 Å². The molecule has 1 aliphatic rings. The summed E-state index contributed by atoms with van der Waals surface area (Å²) in [5.41, 5.74) is 1.00. The van der Waals surface area contributed by atoms with E-state index in [0.29, 0.717) is 11.7 Å². The molecule has 1 fully saturated rings. The lowest BCUT2D eigenvalue weighted by atomic mass is 10.3. The van der Waals surface area contributed by atoms with Gasteiger partial charge in [-0.15, -0.1) is 0 Å². The SMILES string of the molecule is CN1CCN(Cc2ccc(Cl)nc2)C1=O. The van der Waals surface area contributed by atoms with Gasteiger partial charge in [0.25, 0.3) is 0 Å². The molecule has 2 rings (SSSR count). The van der Waals surface area contributed by atoms with Gasteiger partial charge in [-0.1, -0.05) is 17.7 Å². The maximum Gasteiger partial charge on any atom is 0.320 e. The molecule has 0 aliphatic carbocycles. The maximum atomic E-state index is 11.6. The standard InChI is InChI=1S/C10H12ClN3O/c1-13-4-5-14(10(13)15)7-8-2-3-9(11)12-6-8/h2-3,6H,4-5,7H2,1H3. The van der Waals surface area contributed by atoms with Crippen LogP contribution in [0.25, 0.3) is 0 Å². The van der Waals surface area contributed by atoms with Crippen LogP contribution in [0, 0.1) is 0 Å². The van der Waals surface area contributed by atoms with Crippen LogP contribution in [0.4, 0.5) is 4.79 Å². The molecule has 0 atom stereocenters. The van der Waals surface area contributed by atoms with Crippen molar-refractivity contribution in [2.75, 3.05) is 20.1 Å². The Hall–Kier alpha value is -1.29. The van der Waals surface area contributed by atoms with Crippen LogP contribution in [-0.4, -0.2) is 41.0 Å². The number of likely N-dealkylation sites (N-methyl/N-ethyl adjacent to an activating group) is 1. The van der Waals surface area contributed by atoms with Crippen molar-refractivity contribution < 1.29 is 4.79 Å². The monoisotopic (exact) mass is 225 g/mol. The smallest absolute Gasteiger partial charge is 0.320 e. The van der Waals surface area contributed by atoms with E-state index in [2.05, 4.69) is 4.98 Å². The fourth-order valence-corrected chi connectivity index (χ4v) is 1.68. The van der Waals surface area contributed by atoms with Crippen LogP contribution in [-0.2, 0) is 6.54 Å². The first-order chi connectivity index (χ1) is 7.16. The quantitative estimate of drug-likeness (QED) is 0.717. The average Bonchev–Trinajstić information content (AvgIpc) is 2.53. The van der Waals surface area contributed by atoms with E-state index in [1.165, 1.54) is 0 Å². The molecule has 1 aliphatic heterocycles. The number of urea groups is 1. The van der Waals surface area contributed by atoms with Crippen molar-refractivity contribution in [3.05, 3.63) is 29.0 Å². The number of carbonyl (C=O) groups is 1. The Labute approximate surface area is 93.5 Å². The van der Waals surface area contributed by atoms with Crippen LogP contribution in [0.15, 0.2) is 18.3 Å². The molecule has 4 nitrogen and oxygen atoms in total. The van der Waals surface area contributed by atoms with Crippen molar-refractivity contribution in [2.45, 2.75) is 6.54 Å². The lowest BCUT2D eigenvalue weighted by molar-refractivity contribution is 0.197. The van der Waals surface area contributed by atoms with Gasteiger partial charge in [-0.05, 0) is 11.6 Å². The molecular weight excluding hydrogens is 214 g/mol. The van der Waals surface area contributed by atoms with Crippen molar-refractivity contribution in [3.8, 4) is 0 Å². The number of hydrogen-bond donors (Lipinski definition) is 0. The van der Waals surface area contributed by atoms with Gasteiger partial charge >= 0.3 is 6.03 Å². The molecule has 1 saturated heterocycles. The number of halogens is 1. The topological polar surface area (TPSA) is 36.4 Å². The Kier molecular flexibility index (Phi) is 2.77. The molecule has 0 spiro atoms. The fraction of sp³-hybridized carbons (Fsp3) is 0.400. The first-order valence-corrected chi connectivity index (χ1v) is 5.15. The van der Waals surface area contributed by atoms with Gasteiger partial charge in [-0.25, -0.2) is 9.78 Å². The van der Waals surface area contributed by atoms with Gasteiger partial charge in [0, 0.05) is 32.9 Å². The Morgan fingerprint density at radius 1 is 1.47 bits per heavy atom. The number of pyridine rings is 1. The number of nitrogens with zero attached hydrogens (tertiary/aromatic N) is 3. The van der Waals surface area contributed by atoms with Crippen molar-refractivity contribution in [1.82, 2.24) is 14.8 Å². The summed E-state index contributed by atoms with van der Waals surface area (Å²) >= 11 is 5.68. The predicted octanol–water partition coefficient (Wildman–Crippen LogP) is 1.60. The summed E-state index contributed by atoms with van der Waals surface area (Å²) in [6.45, 7) is 2.17. The summed E-state index contributed by atoms with van der Waals surface area (Å²) in [7, 11) is 1.81. The van der Waals surface area contributed by atoms with Gasteiger partial charge in [0.15, 0.2) is 0 Å². The molecule has 1 aromatic heterocycles. The van der Waals surface area contributed by atoms with Crippen molar-refractivity contribution in [2.24, 2.45) is 0 Å². The highest BCUT2D eigenvalue weighted by atomic mass is 35.5. The summed E-state index contributed by atoms with van der Waals surface area (Å²) in [4.78, 5) is 19.1. The van der Waals surface area contributed by atoms with Gasteiger partial charge in [-0.2, -0.15) is 0 Å². The minimum absolute atomic E-state index is 0.0740. The largest absolute Gasteiger partial charge is 0.326 e. The second-order valence-corrected chi connectivity index (χ2v) is 4.00. The van der Waals surface area contributed by atoms with Gasteiger partial charge in [0.05, 0.1) is 0 Å². The van der Waals surface area contributed by atoms with E-state index in [1.807, 2.05) is 13.1 Å². The number of aromatic nitrogens is 1. The molecule has 0 N–H and O–H groups in total. The van der Waals surface area contributed by atoms with Gasteiger partial charge in [0.1, 0.15) is 5.15 Å². The summed E-state index contributed by atoms with van der Waals surface area (Å²) in [5.74, 6) is 0. The zero-order valence-corrected chi connectivity index (χ0v) is 9.24. The van der Waals surface area contributed by atoms with Crippen LogP contribution in [0.1, 0.15) is 5.56 Å². The van der Waals surface area contributed by atoms with Crippen LogP contribution < -0.4 is 0 Å². The van der Waals surface area contributed by atoms with E-state index in [1.54, 1.807) is 22.1 Å². The summed E-state index contributed by atoms with van der Waals surface area (Å²) in [6, 6.07) is 3.70. The Bertz CT molecular complexity index is 365. The highest BCUT2D eigenvalue weighted by molar-refractivity contribution is 6.29. The second-order valence-electron chi connectivity index (χ2n) is 3.61. The molecule has 15 heavy (non-hydrogen) atoms. The first kappa shape index (κ1) is 10.2. The normalized spacial score (nSPS) is 16.3. The molecule has 0 unspecified atom stereocenters. The molecule has 0 bridgehead atoms. The van der Waals surface area contributed by atoms with Crippen LogP contribution in [0.2, 0.25) is 5.15 Å². The molecule has 0 aromatic carbocycles. The van der Waals surface area contributed by atoms with Gasteiger partial charge < -0.3 is 9.80 Å². The molecule has 1 aromatic rings. The molecule has 0 saturated carbocycles.